The molecule has 4 aliphatic carbocycles. The van der Waals surface area contributed by atoms with Crippen molar-refractivity contribution in [3.05, 3.63) is 23.8 Å². The maximum atomic E-state index is 11.6. The van der Waals surface area contributed by atoms with E-state index in [1.165, 1.54) is 5.57 Å². The molecule has 0 aliphatic heterocycles. The molecule has 0 amide bonds. The summed E-state index contributed by atoms with van der Waals surface area (Å²) in [5.74, 6) is -0.122. The fraction of sp³-hybridized carbons (Fsp3) is 0.800. The quantitative estimate of drug-likeness (QED) is 0.509. The van der Waals surface area contributed by atoms with Crippen molar-refractivity contribution >= 4 is 0 Å². The predicted molar refractivity (Wildman–Crippen MR) is 91.0 cm³/mol. The van der Waals surface area contributed by atoms with Gasteiger partial charge >= 0.3 is 0 Å². The van der Waals surface area contributed by atoms with Crippen LogP contribution in [0.25, 0.3) is 0 Å². The minimum atomic E-state index is -1.41. The Labute approximate surface area is 143 Å². The molecule has 3 fully saturated rings. The van der Waals surface area contributed by atoms with Gasteiger partial charge in [-0.1, -0.05) is 37.6 Å². The second-order valence-corrected chi connectivity index (χ2v) is 9.33. The van der Waals surface area contributed by atoms with E-state index in [2.05, 4.69) is 19.6 Å². The SMILES string of the molecule is C=C1[C@@H]2CC[C@H]3C(C)=C[C@]2(C[C@@H](O)[C@@]2(O)[C@H]1C[C@H](O)C2(C)C)[C@@H]3O. The van der Waals surface area contributed by atoms with Crippen molar-refractivity contribution in [1.29, 1.82) is 0 Å². The van der Waals surface area contributed by atoms with Gasteiger partial charge in [0.2, 0.25) is 0 Å². The molecular weight excluding hydrogens is 304 g/mol. The molecule has 24 heavy (non-hydrogen) atoms. The third-order valence-corrected chi connectivity index (χ3v) is 8.23. The number of rotatable bonds is 0. The number of fused-ring (bicyclic) bond motifs is 2. The van der Waals surface area contributed by atoms with E-state index in [1.807, 2.05) is 13.8 Å². The zero-order valence-electron chi connectivity index (χ0n) is 14.9. The topological polar surface area (TPSA) is 80.9 Å². The van der Waals surface area contributed by atoms with Crippen molar-refractivity contribution in [2.24, 2.45) is 28.6 Å². The monoisotopic (exact) mass is 334 g/mol. The molecule has 1 spiro atoms. The molecule has 0 aromatic rings. The molecule has 2 bridgehead atoms. The number of hydrogen-bond acceptors (Lipinski definition) is 4. The molecule has 0 saturated heterocycles. The van der Waals surface area contributed by atoms with Crippen LogP contribution >= 0.6 is 0 Å². The third-order valence-electron chi connectivity index (χ3n) is 8.23. The zero-order chi connectivity index (χ0) is 17.7. The van der Waals surface area contributed by atoms with Gasteiger partial charge in [0, 0.05) is 22.7 Å². The number of hydrogen-bond donors (Lipinski definition) is 4. The van der Waals surface area contributed by atoms with Gasteiger partial charge in [-0.05, 0) is 38.5 Å². The van der Waals surface area contributed by atoms with E-state index < -0.39 is 34.7 Å². The maximum Gasteiger partial charge on any atom is 0.105 e. The van der Waals surface area contributed by atoms with Crippen molar-refractivity contribution in [3.63, 3.8) is 0 Å². The Kier molecular flexibility index (Phi) is 3.30. The molecule has 4 rings (SSSR count). The van der Waals surface area contributed by atoms with Crippen LogP contribution in [0.15, 0.2) is 23.8 Å². The minimum absolute atomic E-state index is 0.0518. The largest absolute Gasteiger partial charge is 0.392 e. The van der Waals surface area contributed by atoms with E-state index in [9.17, 15) is 20.4 Å². The van der Waals surface area contributed by atoms with E-state index in [0.29, 0.717) is 12.8 Å². The lowest BCUT2D eigenvalue weighted by Gasteiger charge is -2.46. The van der Waals surface area contributed by atoms with Gasteiger partial charge in [0.25, 0.3) is 0 Å². The van der Waals surface area contributed by atoms with Crippen LogP contribution in [0.3, 0.4) is 0 Å². The predicted octanol–water partition coefficient (Wildman–Crippen LogP) is 1.78. The standard InChI is InChI=1S/C20H30O4/c1-10-8-19-9-16(22)20(24)14(7-15(21)18(20,3)4)11(2)13(19)6-5-12(10)17(19)23/h8,12-17,21-24H,2,5-7,9H2,1,3-4H3/t12-,13-,14-,15-,16+,17+,19+,20-/m0/s1. The van der Waals surface area contributed by atoms with Crippen LogP contribution in [-0.4, -0.2) is 44.3 Å². The Balaban J connectivity index is 1.87. The van der Waals surface area contributed by atoms with Gasteiger partial charge in [-0.25, -0.2) is 0 Å². The van der Waals surface area contributed by atoms with Gasteiger partial charge in [-0.3, -0.25) is 0 Å². The first-order chi connectivity index (χ1) is 11.1. The molecule has 4 heteroatoms. The van der Waals surface area contributed by atoms with Crippen molar-refractivity contribution < 1.29 is 20.4 Å². The maximum absolute atomic E-state index is 11.6. The summed E-state index contributed by atoms with van der Waals surface area (Å²) < 4.78 is 0. The lowest BCUT2D eigenvalue weighted by atomic mass is 9.60. The summed E-state index contributed by atoms with van der Waals surface area (Å²) in [6.45, 7) is 10.1. The third kappa shape index (κ3) is 1.64. The first-order valence-electron chi connectivity index (χ1n) is 9.22. The van der Waals surface area contributed by atoms with Crippen LogP contribution in [0.4, 0.5) is 0 Å². The molecule has 0 aromatic carbocycles. The molecule has 134 valence electrons. The highest BCUT2D eigenvalue weighted by Gasteiger charge is 2.69. The van der Waals surface area contributed by atoms with Crippen LogP contribution in [0, 0.1) is 28.6 Å². The summed E-state index contributed by atoms with van der Waals surface area (Å²) in [6, 6.07) is 0. The van der Waals surface area contributed by atoms with Crippen LogP contribution < -0.4 is 0 Å². The molecule has 0 radical (unpaired) electrons. The van der Waals surface area contributed by atoms with Gasteiger partial charge in [-0.2, -0.15) is 0 Å². The van der Waals surface area contributed by atoms with Crippen molar-refractivity contribution in [2.45, 2.75) is 70.4 Å². The minimum Gasteiger partial charge on any atom is -0.392 e. The zero-order valence-corrected chi connectivity index (χ0v) is 14.9. The normalized spacial score (nSPS) is 55.6. The summed E-state index contributed by atoms with van der Waals surface area (Å²) in [4.78, 5) is 0. The Hall–Kier alpha value is -0.680. The molecule has 4 aliphatic rings. The highest BCUT2D eigenvalue weighted by Crippen LogP contribution is 2.66. The fourth-order valence-corrected chi connectivity index (χ4v) is 6.64. The summed E-state index contributed by atoms with van der Waals surface area (Å²) in [7, 11) is 0. The average Bonchev–Trinajstić information content (AvgIpc) is 2.73. The van der Waals surface area contributed by atoms with Gasteiger partial charge in [0.15, 0.2) is 0 Å². The van der Waals surface area contributed by atoms with Crippen LogP contribution in [0.1, 0.15) is 46.5 Å². The molecule has 0 unspecified atom stereocenters. The molecule has 8 atom stereocenters. The van der Waals surface area contributed by atoms with E-state index in [-0.39, 0.29) is 17.8 Å². The molecule has 3 saturated carbocycles. The van der Waals surface area contributed by atoms with Crippen LogP contribution in [0.2, 0.25) is 0 Å². The summed E-state index contributed by atoms with van der Waals surface area (Å²) in [5.41, 5.74) is -0.642. The molecule has 0 aromatic heterocycles. The number of aliphatic hydroxyl groups excluding tert-OH is 3. The average molecular weight is 334 g/mol. The van der Waals surface area contributed by atoms with E-state index in [1.54, 1.807) is 0 Å². The Morgan fingerprint density at radius 2 is 1.75 bits per heavy atom. The van der Waals surface area contributed by atoms with Crippen molar-refractivity contribution in [2.75, 3.05) is 0 Å². The van der Waals surface area contributed by atoms with E-state index in [4.69, 9.17) is 0 Å². The lowest BCUT2D eigenvalue weighted by molar-refractivity contribution is -0.171. The highest BCUT2D eigenvalue weighted by molar-refractivity contribution is 5.37. The summed E-state index contributed by atoms with van der Waals surface area (Å²) in [5, 5.41) is 44.2. The molecule has 4 nitrogen and oxygen atoms in total. The van der Waals surface area contributed by atoms with E-state index in [0.717, 1.165) is 18.4 Å². The van der Waals surface area contributed by atoms with Crippen LogP contribution in [0.5, 0.6) is 0 Å². The van der Waals surface area contributed by atoms with Gasteiger partial charge in [-0.15, -0.1) is 0 Å². The lowest BCUT2D eigenvalue weighted by Crippen LogP contribution is -2.57. The molecule has 4 N–H and O–H groups in total. The summed E-state index contributed by atoms with van der Waals surface area (Å²) >= 11 is 0. The Morgan fingerprint density at radius 3 is 2.42 bits per heavy atom. The van der Waals surface area contributed by atoms with Gasteiger partial charge < -0.3 is 20.4 Å². The Morgan fingerprint density at radius 1 is 1.08 bits per heavy atom. The fourth-order valence-electron chi connectivity index (χ4n) is 6.64. The first-order valence-corrected chi connectivity index (χ1v) is 9.22. The highest BCUT2D eigenvalue weighted by atomic mass is 16.4. The second-order valence-electron chi connectivity index (χ2n) is 9.33. The van der Waals surface area contributed by atoms with Crippen molar-refractivity contribution in [1.82, 2.24) is 0 Å². The smallest absolute Gasteiger partial charge is 0.105 e. The van der Waals surface area contributed by atoms with Crippen molar-refractivity contribution in [3.8, 4) is 0 Å². The first kappa shape index (κ1) is 16.8. The second kappa shape index (κ2) is 4.73. The Bertz CT molecular complexity index is 623. The summed E-state index contributed by atoms with van der Waals surface area (Å²) in [6.07, 6.45) is 2.57. The van der Waals surface area contributed by atoms with Crippen LogP contribution in [-0.2, 0) is 0 Å². The van der Waals surface area contributed by atoms with Gasteiger partial charge in [0.1, 0.15) is 5.60 Å². The molecular formula is C20H30O4. The number of aliphatic hydroxyl groups is 4. The molecule has 0 heterocycles. The van der Waals surface area contributed by atoms with E-state index >= 15 is 0 Å². The van der Waals surface area contributed by atoms with Gasteiger partial charge in [0.05, 0.1) is 18.3 Å².